The number of alkyl halides is 1. The van der Waals surface area contributed by atoms with Gasteiger partial charge in [-0.1, -0.05) is 43.6 Å². The number of fused-ring (bicyclic) bond motifs is 3. The first kappa shape index (κ1) is 43.2. The molecule has 2 aliphatic rings. The van der Waals surface area contributed by atoms with Gasteiger partial charge >= 0.3 is 0 Å². The van der Waals surface area contributed by atoms with Crippen LogP contribution in [0.1, 0.15) is 84.9 Å². The molecule has 61 heavy (non-hydrogen) atoms. The van der Waals surface area contributed by atoms with Crippen LogP contribution in [0.15, 0.2) is 60.7 Å². The maximum atomic E-state index is 14.6. The number of carbonyl (C=O) groups is 1. The highest BCUT2D eigenvalue weighted by Crippen LogP contribution is 2.39. The van der Waals surface area contributed by atoms with Crippen molar-refractivity contribution in [3.8, 4) is 22.5 Å². The van der Waals surface area contributed by atoms with E-state index in [0.717, 1.165) is 55.9 Å². The lowest BCUT2D eigenvalue weighted by Gasteiger charge is -2.32. The van der Waals surface area contributed by atoms with E-state index in [1.54, 1.807) is 21.2 Å². The number of thiocarbonyl (C=S) groups is 1. The van der Waals surface area contributed by atoms with Crippen LogP contribution >= 0.6 is 28.1 Å². The summed E-state index contributed by atoms with van der Waals surface area (Å²) in [5.41, 5.74) is 5.77. The van der Waals surface area contributed by atoms with E-state index in [4.69, 9.17) is 23.2 Å². The molecule has 1 saturated heterocycles. The summed E-state index contributed by atoms with van der Waals surface area (Å²) in [5.74, 6) is 4.00. The molecule has 0 bridgehead atoms. The Balaban J connectivity index is 0.000000158. The zero-order valence-corrected chi connectivity index (χ0v) is 35.9. The van der Waals surface area contributed by atoms with Crippen molar-refractivity contribution >= 4 is 56.2 Å². The Hall–Kier alpha value is -5.93. The second-order valence-corrected chi connectivity index (χ2v) is 16.1. The van der Waals surface area contributed by atoms with E-state index < -0.39 is 33.9 Å². The molecule has 1 atom stereocenters. The molecule has 4 N–H and O–H groups in total. The van der Waals surface area contributed by atoms with Crippen LogP contribution in [0.4, 0.5) is 23.4 Å². The number of benzene rings is 2. The number of aromatic nitrogens is 10. The summed E-state index contributed by atoms with van der Waals surface area (Å²) in [5, 5.41) is 34.2. The topological polar surface area (TPSA) is 174 Å². The van der Waals surface area contributed by atoms with Crippen molar-refractivity contribution in [1.29, 1.82) is 0 Å². The van der Waals surface area contributed by atoms with Crippen molar-refractivity contribution in [1.82, 2.24) is 59.7 Å². The van der Waals surface area contributed by atoms with Crippen LogP contribution in [0, 0.1) is 23.3 Å². The summed E-state index contributed by atoms with van der Waals surface area (Å²) < 4.78 is 60.0. The minimum Gasteiger partial charge on any atom is -0.370 e. The fourth-order valence-corrected chi connectivity index (χ4v) is 7.21. The molecular formula is C40H41BrF4N14OS. The molecule has 0 amide bonds. The average molecular weight is 922 g/mol. The molecule has 7 aromatic rings. The number of ketones is 1. The number of likely N-dealkylation sites (tertiary alicyclic amines) is 1. The molecule has 2 aliphatic heterocycles. The van der Waals surface area contributed by atoms with Crippen LogP contribution in [-0.4, -0.2) is 84.8 Å². The number of halogens is 5. The summed E-state index contributed by atoms with van der Waals surface area (Å²) in [6.45, 7) is 11.6. The second-order valence-electron chi connectivity index (χ2n) is 14.8. The van der Waals surface area contributed by atoms with Crippen molar-refractivity contribution in [2.75, 3.05) is 25.0 Å². The lowest BCUT2D eigenvalue weighted by atomic mass is 10.0. The van der Waals surface area contributed by atoms with Crippen LogP contribution in [0.25, 0.3) is 33.8 Å². The summed E-state index contributed by atoms with van der Waals surface area (Å²) in [7, 11) is 0. The molecule has 0 aliphatic carbocycles. The van der Waals surface area contributed by atoms with Crippen molar-refractivity contribution in [3.05, 3.63) is 107 Å². The van der Waals surface area contributed by atoms with Crippen LogP contribution in [0.3, 0.4) is 0 Å². The van der Waals surface area contributed by atoms with Gasteiger partial charge in [0.2, 0.25) is 0 Å². The van der Waals surface area contributed by atoms with Crippen molar-refractivity contribution in [2.45, 2.75) is 63.7 Å². The second kappa shape index (κ2) is 18.4. The third-order valence-corrected chi connectivity index (χ3v) is 11.1. The van der Waals surface area contributed by atoms with Gasteiger partial charge in [0.1, 0.15) is 39.6 Å². The van der Waals surface area contributed by atoms with Gasteiger partial charge in [0, 0.05) is 55.7 Å². The first-order valence-corrected chi connectivity index (χ1v) is 20.7. The number of Topliss-reactive ketones (excluding diaryl/α,β-unsaturated/α-hetero) is 1. The smallest absolute Gasteiger partial charge is 0.185 e. The Morgan fingerprint density at radius 2 is 1.41 bits per heavy atom. The number of hydrazine groups is 1. The maximum Gasteiger partial charge on any atom is 0.185 e. The fraction of sp³-hybridized carbons (Fsp3) is 0.325. The number of rotatable bonds is 7. The van der Waals surface area contributed by atoms with Crippen molar-refractivity contribution < 1.29 is 22.4 Å². The van der Waals surface area contributed by atoms with Crippen LogP contribution in [0.2, 0.25) is 0 Å². The first-order chi connectivity index (χ1) is 29.2. The quantitative estimate of drug-likeness (QED) is 0.0368. The summed E-state index contributed by atoms with van der Waals surface area (Å²) >= 11 is 8.07. The summed E-state index contributed by atoms with van der Waals surface area (Å²) in [4.78, 5) is 13.6. The van der Waals surface area contributed by atoms with Gasteiger partial charge < -0.3 is 15.6 Å². The van der Waals surface area contributed by atoms with Crippen molar-refractivity contribution in [3.63, 3.8) is 0 Å². The van der Waals surface area contributed by atoms with E-state index in [0.29, 0.717) is 57.5 Å². The fourth-order valence-electron chi connectivity index (χ4n) is 6.54. The number of anilines is 1. The van der Waals surface area contributed by atoms with Gasteiger partial charge in [-0.05, 0) is 73.6 Å². The maximum absolute atomic E-state index is 14.6. The summed E-state index contributed by atoms with van der Waals surface area (Å²) in [6, 6.07) is 13.3. The van der Waals surface area contributed by atoms with E-state index in [2.05, 4.69) is 57.3 Å². The van der Waals surface area contributed by atoms with E-state index in [1.165, 1.54) is 18.6 Å². The Kier molecular flexibility index (Phi) is 13.0. The highest BCUT2D eigenvalue weighted by atomic mass is 79.9. The molecule has 7 heterocycles. The molecule has 5 aromatic heterocycles. The normalized spacial score (nSPS) is 13.8. The SMILES string of the molecule is CC(C)c1nnc2ccc(-c3c(-c4ccc(F)cc4F)nn4c3NCCC4)nn12.CC(C)c1nnc2ccc(C(Br)C(=O)c3ccc(F)cc3F)nn12.NNC(=S)N1CCC1. The minimum atomic E-state index is -0.905. The molecule has 21 heteroatoms. The number of aryl methyl sites for hydroxylation is 1. The van der Waals surface area contributed by atoms with Gasteiger partial charge in [-0.15, -0.1) is 20.4 Å². The first-order valence-electron chi connectivity index (χ1n) is 19.4. The number of hydrogen-bond acceptors (Lipinski definition) is 11. The Labute approximate surface area is 360 Å². The lowest BCUT2D eigenvalue weighted by molar-refractivity contribution is 0.0986. The summed E-state index contributed by atoms with van der Waals surface area (Å²) in [6.07, 6.45) is 2.15. The van der Waals surface area contributed by atoms with E-state index in [9.17, 15) is 22.4 Å². The molecule has 9 rings (SSSR count). The van der Waals surface area contributed by atoms with Gasteiger partial charge in [-0.2, -0.15) is 24.3 Å². The van der Waals surface area contributed by atoms with Gasteiger partial charge in [-0.25, -0.2) is 28.1 Å². The predicted molar refractivity (Wildman–Crippen MR) is 228 cm³/mol. The van der Waals surface area contributed by atoms with Gasteiger partial charge in [0.25, 0.3) is 0 Å². The van der Waals surface area contributed by atoms with Crippen molar-refractivity contribution in [2.24, 2.45) is 5.84 Å². The highest BCUT2D eigenvalue weighted by molar-refractivity contribution is 9.09. The lowest BCUT2D eigenvalue weighted by Crippen LogP contribution is -2.49. The monoisotopic (exact) mass is 920 g/mol. The third-order valence-electron chi connectivity index (χ3n) is 9.81. The third kappa shape index (κ3) is 9.08. The van der Waals surface area contributed by atoms with Crippen LogP contribution in [0.5, 0.6) is 0 Å². The number of nitrogens with two attached hydrogens (primary N) is 1. The molecule has 2 aromatic carbocycles. The Morgan fingerprint density at radius 1 is 0.787 bits per heavy atom. The molecule has 1 fully saturated rings. The number of hydrogen-bond donors (Lipinski definition) is 3. The van der Waals surface area contributed by atoms with E-state index in [-0.39, 0.29) is 23.0 Å². The number of nitrogens with one attached hydrogen (secondary N) is 2. The van der Waals surface area contributed by atoms with Crippen LogP contribution in [-0.2, 0) is 6.54 Å². The van der Waals surface area contributed by atoms with Gasteiger partial charge in [-0.3, -0.25) is 4.79 Å². The van der Waals surface area contributed by atoms with E-state index in [1.807, 2.05) is 49.4 Å². The zero-order chi connectivity index (χ0) is 43.5. The number of carbonyl (C=O) groups excluding carboxylic acids is 1. The standard InChI is InChI=1S/C20H19F2N7.C16H13BrF2N4O.C4H9N3S/c1-11(2)19-25-24-16-7-6-15(26-29(16)19)17-18(13-5-4-12(21)10-14(13)22)27-28-9-3-8-23-20(17)28;1-8(2)16-21-20-13-6-5-12(22-23(13)16)14(17)15(24)10-4-3-9(18)7-11(10)19;5-6-4(8)7-2-1-3-7/h4-7,10-11,23H,3,8-9H2,1-2H3;3-8,14H,1-2H3;1-3,5H2,(H,6,8). The number of nitrogens with zero attached hydrogens (tertiary/aromatic N) is 11. The molecule has 0 radical (unpaired) electrons. The predicted octanol–water partition coefficient (Wildman–Crippen LogP) is 7.16. The molecule has 15 nitrogen and oxygen atoms in total. The van der Waals surface area contributed by atoms with Gasteiger partial charge in [0.15, 0.2) is 33.8 Å². The molecule has 0 saturated carbocycles. The molecule has 1 unspecified atom stereocenters. The van der Waals surface area contributed by atoms with Crippen LogP contribution < -0.4 is 16.6 Å². The molecule has 318 valence electrons. The largest absolute Gasteiger partial charge is 0.370 e. The molecule has 0 spiro atoms. The Morgan fingerprint density at radius 3 is 1.98 bits per heavy atom. The van der Waals surface area contributed by atoms with E-state index >= 15 is 0 Å². The molecular weight excluding hydrogens is 880 g/mol. The highest BCUT2D eigenvalue weighted by Gasteiger charge is 2.27. The Bertz CT molecular complexity index is 2730. The minimum absolute atomic E-state index is 0.0989. The van der Waals surface area contributed by atoms with Gasteiger partial charge in [0.05, 0.1) is 22.5 Å². The average Bonchev–Trinajstić information content (AvgIpc) is 3.95. The zero-order valence-electron chi connectivity index (χ0n) is 33.5.